The fraction of sp³-hybridized carbons (Fsp3) is 0.600. The number of thioether (sulfide) groups is 2. The Morgan fingerprint density at radius 1 is 1.69 bits per heavy atom. The molecular formula is C10H14N2O2S2. The minimum Gasteiger partial charge on any atom is -0.359 e. The Morgan fingerprint density at radius 2 is 2.56 bits per heavy atom. The molecule has 2 heterocycles. The molecule has 0 unspecified atom stereocenters. The van der Waals surface area contributed by atoms with E-state index in [2.05, 4.69) is 10.5 Å². The second-order valence-corrected chi connectivity index (χ2v) is 6.17. The smallest absolute Gasteiger partial charge is 0.225 e. The molecule has 0 radical (unpaired) electrons. The number of aromatic nitrogens is 1. The lowest BCUT2D eigenvalue weighted by Gasteiger charge is -2.20. The van der Waals surface area contributed by atoms with Crippen LogP contribution in [0, 0.1) is 6.92 Å². The van der Waals surface area contributed by atoms with Crippen molar-refractivity contribution in [3.05, 3.63) is 12.0 Å². The summed E-state index contributed by atoms with van der Waals surface area (Å²) < 4.78 is 4.88. The topological polar surface area (TPSA) is 55.1 Å². The largest absolute Gasteiger partial charge is 0.359 e. The number of carbonyl (C=O) groups is 1. The summed E-state index contributed by atoms with van der Waals surface area (Å²) in [5.41, 5.74) is 0.679. The van der Waals surface area contributed by atoms with Gasteiger partial charge in [-0.15, -0.1) is 0 Å². The Morgan fingerprint density at radius 3 is 3.19 bits per heavy atom. The molecule has 88 valence electrons. The minimum atomic E-state index is 0.0475. The number of nitrogens with one attached hydrogen (secondary N) is 1. The Labute approximate surface area is 103 Å². The van der Waals surface area contributed by atoms with Crippen LogP contribution in [0.15, 0.2) is 10.7 Å². The molecule has 1 atom stereocenters. The number of hydrogen-bond donors (Lipinski definition) is 1. The zero-order valence-corrected chi connectivity index (χ0v) is 10.7. The van der Waals surface area contributed by atoms with Gasteiger partial charge in [0, 0.05) is 28.9 Å². The molecule has 1 N–H and O–H groups in total. The van der Waals surface area contributed by atoms with Crippen molar-refractivity contribution in [2.45, 2.75) is 18.6 Å². The van der Waals surface area contributed by atoms with E-state index in [-0.39, 0.29) is 5.91 Å². The fourth-order valence-corrected chi connectivity index (χ4v) is 4.16. The first-order chi connectivity index (χ1) is 7.75. The first-order valence-electron chi connectivity index (χ1n) is 5.16. The van der Waals surface area contributed by atoms with Gasteiger partial charge >= 0.3 is 0 Å². The zero-order chi connectivity index (χ0) is 11.4. The molecule has 1 amide bonds. The Hall–Kier alpha value is -0.620. The average Bonchev–Trinajstić information content (AvgIpc) is 2.66. The van der Waals surface area contributed by atoms with E-state index in [1.165, 1.54) is 11.9 Å². The van der Waals surface area contributed by atoms with Crippen molar-refractivity contribution >= 4 is 35.1 Å². The lowest BCUT2D eigenvalue weighted by molar-refractivity contribution is -0.116. The molecule has 1 aromatic heterocycles. The monoisotopic (exact) mass is 258 g/mol. The summed E-state index contributed by atoms with van der Waals surface area (Å²) in [7, 11) is 0. The molecule has 0 aromatic carbocycles. The predicted octanol–water partition coefficient (Wildman–Crippen LogP) is 2.16. The van der Waals surface area contributed by atoms with Gasteiger partial charge in [0.2, 0.25) is 5.91 Å². The number of anilines is 1. The van der Waals surface area contributed by atoms with Gasteiger partial charge in [-0.05, 0) is 6.92 Å². The molecule has 0 bridgehead atoms. The van der Waals surface area contributed by atoms with Gasteiger partial charge in [0.05, 0.1) is 6.20 Å². The Kier molecular flexibility index (Phi) is 4.17. The van der Waals surface area contributed by atoms with Crippen LogP contribution in [-0.4, -0.2) is 33.6 Å². The summed E-state index contributed by atoms with van der Waals surface area (Å²) in [6.45, 7) is 1.79. The molecule has 1 saturated heterocycles. The van der Waals surface area contributed by atoms with Gasteiger partial charge in [-0.2, -0.15) is 23.5 Å². The van der Waals surface area contributed by atoms with Gasteiger partial charge in [-0.1, -0.05) is 5.16 Å². The molecule has 0 spiro atoms. The average molecular weight is 258 g/mol. The molecule has 16 heavy (non-hydrogen) atoms. The maximum atomic E-state index is 11.7. The maximum Gasteiger partial charge on any atom is 0.225 e. The van der Waals surface area contributed by atoms with Crippen LogP contribution in [0.25, 0.3) is 0 Å². The number of rotatable bonds is 3. The fourth-order valence-electron chi connectivity index (χ4n) is 1.48. The van der Waals surface area contributed by atoms with E-state index in [1.54, 1.807) is 6.92 Å². The molecule has 1 fully saturated rings. The van der Waals surface area contributed by atoms with Gasteiger partial charge in [0.15, 0.2) is 5.76 Å². The molecule has 2 rings (SSSR count). The van der Waals surface area contributed by atoms with Crippen LogP contribution in [0.3, 0.4) is 0 Å². The summed E-state index contributed by atoms with van der Waals surface area (Å²) in [5.74, 6) is 4.12. The van der Waals surface area contributed by atoms with Crippen LogP contribution >= 0.6 is 23.5 Å². The van der Waals surface area contributed by atoms with E-state index in [4.69, 9.17) is 4.52 Å². The summed E-state index contributed by atoms with van der Waals surface area (Å²) >= 11 is 3.81. The molecule has 1 aliphatic rings. The molecular weight excluding hydrogens is 244 g/mol. The number of carbonyl (C=O) groups excluding carboxylic acids is 1. The van der Waals surface area contributed by atoms with Gasteiger partial charge in [0.25, 0.3) is 0 Å². The number of aryl methyl sites for hydroxylation is 1. The Bertz CT molecular complexity index is 361. The van der Waals surface area contributed by atoms with Crippen molar-refractivity contribution in [1.29, 1.82) is 0 Å². The van der Waals surface area contributed by atoms with Crippen LogP contribution in [0.2, 0.25) is 0 Å². The highest BCUT2D eigenvalue weighted by molar-refractivity contribution is 8.06. The number of nitrogens with zero attached hydrogens (tertiary/aromatic N) is 1. The van der Waals surface area contributed by atoms with Crippen molar-refractivity contribution in [3.63, 3.8) is 0 Å². The first kappa shape index (κ1) is 11.9. The lowest BCUT2D eigenvalue weighted by Crippen LogP contribution is -2.22. The summed E-state index contributed by atoms with van der Waals surface area (Å²) in [6, 6.07) is 0. The SMILES string of the molecule is Cc1oncc1NC(=O)C[C@@H]1CSCCS1. The normalized spacial score (nSPS) is 20.7. The standard InChI is InChI=1S/C10H14N2O2S2/c1-7-9(5-11-14-7)12-10(13)4-8-6-15-2-3-16-8/h5,8H,2-4,6H2,1H3,(H,12,13)/t8-/m1/s1. The molecule has 0 aliphatic carbocycles. The second-order valence-electron chi connectivity index (χ2n) is 3.62. The third-order valence-corrected chi connectivity index (χ3v) is 5.17. The van der Waals surface area contributed by atoms with Crippen molar-refractivity contribution in [2.75, 3.05) is 22.6 Å². The quantitative estimate of drug-likeness (QED) is 0.900. The number of hydrogen-bond acceptors (Lipinski definition) is 5. The highest BCUT2D eigenvalue weighted by Crippen LogP contribution is 2.26. The molecule has 0 saturated carbocycles. The van der Waals surface area contributed by atoms with Crippen LogP contribution in [-0.2, 0) is 4.79 Å². The molecule has 1 aliphatic heterocycles. The second kappa shape index (κ2) is 5.63. The highest BCUT2D eigenvalue weighted by Gasteiger charge is 2.18. The number of amides is 1. The van der Waals surface area contributed by atoms with Crippen molar-refractivity contribution < 1.29 is 9.32 Å². The summed E-state index contributed by atoms with van der Waals surface area (Å²) in [4.78, 5) is 11.7. The maximum absolute atomic E-state index is 11.7. The molecule has 6 heteroatoms. The van der Waals surface area contributed by atoms with Crippen LogP contribution < -0.4 is 5.32 Å². The van der Waals surface area contributed by atoms with Gasteiger partial charge < -0.3 is 9.84 Å². The van der Waals surface area contributed by atoms with Gasteiger partial charge in [-0.3, -0.25) is 4.79 Å². The van der Waals surface area contributed by atoms with E-state index < -0.39 is 0 Å². The van der Waals surface area contributed by atoms with Crippen molar-refractivity contribution in [3.8, 4) is 0 Å². The van der Waals surface area contributed by atoms with E-state index >= 15 is 0 Å². The third-order valence-electron chi connectivity index (χ3n) is 2.32. The summed E-state index contributed by atoms with van der Waals surface area (Å²) in [5, 5.41) is 6.89. The van der Waals surface area contributed by atoms with E-state index in [9.17, 15) is 4.79 Å². The van der Waals surface area contributed by atoms with E-state index in [0.717, 1.165) is 11.5 Å². The molecule has 4 nitrogen and oxygen atoms in total. The van der Waals surface area contributed by atoms with Crippen LogP contribution in [0.4, 0.5) is 5.69 Å². The summed E-state index contributed by atoms with van der Waals surface area (Å²) in [6.07, 6.45) is 2.11. The van der Waals surface area contributed by atoms with E-state index in [1.807, 2.05) is 23.5 Å². The third kappa shape index (κ3) is 3.18. The van der Waals surface area contributed by atoms with Crippen LogP contribution in [0.1, 0.15) is 12.2 Å². The van der Waals surface area contributed by atoms with Crippen molar-refractivity contribution in [2.24, 2.45) is 0 Å². The van der Waals surface area contributed by atoms with Crippen LogP contribution in [0.5, 0.6) is 0 Å². The van der Waals surface area contributed by atoms with Gasteiger partial charge in [0.1, 0.15) is 5.69 Å². The van der Waals surface area contributed by atoms with E-state index in [0.29, 0.717) is 23.1 Å². The molecule has 1 aromatic rings. The zero-order valence-electron chi connectivity index (χ0n) is 9.06. The van der Waals surface area contributed by atoms with Crippen molar-refractivity contribution in [1.82, 2.24) is 5.16 Å². The predicted molar refractivity (Wildman–Crippen MR) is 68.1 cm³/mol. The highest BCUT2D eigenvalue weighted by atomic mass is 32.2. The first-order valence-corrected chi connectivity index (χ1v) is 7.36. The minimum absolute atomic E-state index is 0.0475. The Balaban J connectivity index is 1.82. The lowest BCUT2D eigenvalue weighted by atomic mass is 10.3. The van der Waals surface area contributed by atoms with Gasteiger partial charge in [-0.25, -0.2) is 0 Å².